The van der Waals surface area contributed by atoms with Crippen molar-refractivity contribution in [3.05, 3.63) is 46.3 Å². The van der Waals surface area contributed by atoms with E-state index in [1.54, 1.807) is 12.1 Å². The Morgan fingerprint density at radius 1 is 1.33 bits per heavy atom. The summed E-state index contributed by atoms with van der Waals surface area (Å²) in [5.74, 6) is 0.310. The second-order valence-corrected chi connectivity index (χ2v) is 5.58. The van der Waals surface area contributed by atoms with Crippen LogP contribution in [0.2, 0.25) is 5.02 Å². The maximum Gasteiger partial charge on any atom is 0.246 e. The van der Waals surface area contributed by atoms with E-state index in [0.29, 0.717) is 43.3 Å². The fraction of sp³-hybridized carbons (Fsp3) is 0.429. The van der Waals surface area contributed by atoms with Crippen molar-refractivity contribution in [2.45, 2.75) is 24.8 Å². The van der Waals surface area contributed by atoms with Crippen LogP contribution in [0.5, 0.6) is 0 Å². The summed E-state index contributed by atoms with van der Waals surface area (Å²) < 4.78 is 24.4. The number of aromatic nitrogens is 2. The average molecular weight is 312 g/mol. The first-order valence-corrected chi connectivity index (χ1v) is 7.09. The first kappa shape index (κ1) is 14.4. The minimum Gasteiger partial charge on any atom is -0.381 e. The molecule has 0 aliphatic carbocycles. The van der Waals surface area contributed by atoms with Gasteiger partial charge in [-0.15, -0.1) is 0 Å². The summed E-state index contributed by atoms with van der Waals surface area (Å²) in [6.45, 7) is 1.13. The smallest absolute Gasteiger partial charge is 0.246 e. The monoisotopic (exact) mass is 311 g/mol. The molecule has 2 aromatic rings. The van der Waals surface area contributed by atoms with E-state index in [-0.39, 0.29) is 11.4 Å². The molecule has 1 aromatic carbocycles. The third kappa shape index (κ3) is 2.92. The summed E-state index contributed by atoms with van der Waals surface area (Å²) in [4.78, 5) is 4.30. The number of nitrogens with zero attached hydrogens (tertiary/aromatic N) is 2. The third-order valence-electron chi connectivity index (χ3n) is 3.66. The number of benzene rings is 1. The van der Waals surface area contributed by atoms with Crippen molar-refractivity contribution in [1.82, 2.24) is 10.1 Å². The Kier molecular flexibility index (Phi) is 3.93. The van der Waals surface area contributed by atoms with Gasteiger partial charge in [0, 0.05) is 19.6 Å². The fourth-order valence-electron chi connectivity index (χ4n) is 2.33. The van der Waals surface area contributed by atoms with E-state index in [4.69, 9.17) is 26.6 Å². The molecule has 2 N–H and O–H groups in total. The second kappa shape index (κ2) is 5.71. The first-order valence-electron chi connectivity index (χ1n) is 6.71. The summed E-state index contributed by atoms with van der Waals surface area (Å²) in [7, 11) is 0. The average Bonchev–Trinajstić information content (AvgIpc) is 2.94. The minimum atomic E-state index is -0.656. The van der Waals surface area contributed by atoms with Crippen molar-refractivity contribution in [2.75, 3.05) is 13.2 Å². The van der Waals surface area contributed by atoms with Crippen LogP contribution in [0.4, 0.5) is 4.39 Å². The molecule has 0 saturated carbocycles. The van der Waals surface area contributed by atoms with Gasteiger partial charge in [0.2, 0.25) is 5.89 Å². The van der Waals surface area contributed by atoms with Crippen LogP contribution in [0.15, 0.2) is 22.7 Å². The summed E-state index contributed by atoms with van der Waals surface area (Å²) >= 11 is 5.76. The van der Waals surface area contributed by atoms with Crippen molar-refractivity contribution < 1.29 is 13.7 Å². The van der Waals surface area contributed by atoms with Gasteiger partial charge in [-0.3, -0.25) is 0 Å². The maximum absolute atomic E-state index is 13.9. The summed E-state index contributed by atoms with van der Waals surface area (Å²) in [6.07, 6.45) is 1.46. The highest BCUT2D eigenvalue weighted by Crippen LogP contribution is 2.28. The Balaban J connectivity index is 1.80. The van der Waals surface area contributed by atoms with E-state index in [1.807, 2.05) is 0 Å². The highest BCUT2D eigenvalue weighted by Gasteiger charge is 2.35. The van der Waals surface area contributed by atoms with Gasteiger partial charge in [-0.2, -0.15) is 4.98 Å². The Labute approximate surface area is 126 Å². The number of ether oxygens (including phenoxy) is 1. The van der Waals surface area contributed by atoms with Crippen molar-refractivity contribution in [3.63, 3.8) is 0 Å². The molecular formula is C14H15ClFN3O2. The van der Waals surface area contributed by atoms with Crippen LogP contribution >= 0.6 is 11.6 Å². The molecule has 0 unspecified atom stereocenters. The molecule has 0 spiro atoms. The van der Waals surface area contributed by atoms with E-state index in [0.717, 1.165) is 0 Å². The van der Waals surface area contributed by atoms with E-state index < -0.39 is 11.4 Å². The molecule has 0 bridgehead atoms. The molecule has 1 aliphatic heterocycles. The van der Waals surface area contributed by atoms with Crippen LogP contribution in [-0.2, 0) is 16.7 Å². The van der Waals surface area contributed by atoms with Gasteiger partial charge in [-0.25, -0.2) is 4.39 Å². The number of halogens is 2. The van der Waals surface area contributed by atoms with Gasteiger partial charge >= 0.3 is 0 Å². The van der Waals surface area contributed by atoms with Crippen molar-refractivity contribution in [2.24, 2.45) is 5.73 Å². The molecule has 112 valence electrons. The molecule has 0 atom stereocenters. The van der Waals surface area contributed by atoms with Crippen LogP contribution in [0.1, 0.15) is 30.1 Å². The molecule has 1 saturated heterocycles. The van der Waals surface area contributed by atoms with Crippen molar-refractivity contribution in [3.8, 4) is 0 Å². The highest BCUT2D eigenvalue weighted by molar-refractivity contribution is 6.30. The predicted octanol–water partition coefficient (Wildman–Crippen LogP) is 2.42. The van der Waals surface area contributed by atoms with Crippen LogP contribution < -0.4 is 5.73 Å². The van der Waals surface area contributed by atoms with Gasteiger partial charge in [-0.1, -0.05) is 28.9 Å². The predicted molar refractivity (Wildman–Crippen MR) is 74.4 cm³/mol. The number of hydrogen-bond acceptors (Lipinski definition) is 5. The molecule has 5 nitrogen and oxygen atoms in total. The Bertz CT molecular complexity index is 641. The second-order valence-electron chi connectivity index (χ2n) is 5.17. The topological polar surface area (TPSA) is 74.2 Å². The van der Waals surface area contributed by atoms with Gasteiger partial charge in [0.1, 0.15) is 11.4 Å². The van der Waals surface area contributed by atoms with Crippen LogP contribution in [0, 0.1) is 5.82 Å². The van der Waals surface area contributed by atoms with Gasteiger partial charge in [0.15, 0.2) is 5.82 Å². The quantitative estimate of drug-likeness (QED) is 0.942. The lowest BCUT2D eigenvalue weighted by molar-refractivity contribution is 0.0400. The standard InChI is InChI=1S/C14H15ClFN3O2/c15-10-3-1-2-9(12(10)16)8-11-18-13(21-19-11)14(17)4-6-20-7-5-14/h1-3H,4-8,17H2. The zero-order valence-electron chi connectivity index (χ0n) is 11.3. The number of rotatable bonds is 3. The van der Waals surface area contributed by atoms with Gasteiger partial charge in [-0.05, 0) is 24.5 Å². The van der Waals surface area contributed by atoms with Gasteiger partial charge in [0.05, 0.1) is 5.02 Å². The summed E-state index contributed by atoms with van der Waals surface area (Å²) in [5.41, 5.74) is 6.04. The largest absolute Gasteiger partial charge is 0.381 e. The van der Waals surface area contributed by atoms with Gasteiger partial charge in [0.25, 0.3) is 0 Å². The lowest BCUT2D eigenvalue weighted by atomic mass is 9.91. The Hall–Kier alpha value is -1.50. The molecule has 3 rings (SSSR count). The summed E-state index contributed by atoms with van der Waals surface area (Å²) in [5, 5.41) is 3.97. The molecule has 1 fully saturated rings. The minimum absolute atomic E-state index is 0.0796. The molecular weight excluding hydrogens is 297 g/mol. The van der Waals surface area contributed by atoms with Crippen molar-refractivity contribution >= 4 is 11.6 Å². The normalized spacial score (nSPS) is 17.9. The number of nitrogens with two attached hydrogens (primary N) is 1. The maximum atomic E-state index is 13.9. The molecule has 1 aliphatic rings. The Morgan fingerprint density at radius 3 is 2.86 bits per heavy atom. The van der Waals surface area contributed by atoms with E-state index >= 15 is 0 Å². The highest BCUT2D eigenvalue weighted by atomic mass is 35.5. The van der Waals surface area contributed by atoms with Crippen LogP contribution in [0.3, 0.4) is 0 Å². The molecule has 7 heteroatoms. The lowest BCUT2D eigenvalue weighted by Gasteiger charge is -2.29. The number of hydrogen-bond donors (Lipinski definition) is 1. The van der Waals surface area contributed by atoms with Crippen molar-refractivity contribution in [1.29, 1.82) is 0 Å². The molecule has 1 aromatic heterocycles. The summed E-state index contributed by atoms with van der Waals surface area (Å²) in [6, 6.07) is 4.83. The SMILES string of the molecule is NC1(c2nc(Cc3cccc(Cl)c3F)no2)CCOCC1. The van der Waals surface area contributed by atoms with Crippen LogP contribution in [-0.4, -0.2) is 23.4 Å². The zero-order valence-corrected chi connectivity index (χ0v) is 12.1. The molecule has 21 heavy (non-hydrogen) atoms. The first-order chi connectivity index (χ1) is 10.1. The van der Waals surface area contributed by atoms with E-state index in [2.05, 4.69) is 10.1 Å². The van der Waals surface area contributed by atoms with E-state index in [9.17, 15) is 4.39 Å². The fourth-order valence-corrected chi connectivity index (χ4v) is 2.53. The third-order valence-corrected chi connectivity index (χ3v) is 3.95. The molecule has 0 radical (unpaired) electrons. The van der Waals surface area contributed by atoms with E-state index in [1.165, 1.54) is 6.07 Å². The molecule has 0 amide bonds. The van der Waals surface area contributed by atoms with Crippen LogP contribution in [0.25, 0.3) is 0 Å². The Morgan fingerprint density at radius 2 is 2.10 bits per heavy atom. The lowest BCUT2D eigenvalue weighted by Crippen LogP contribution is -2.42. The molecule has 2 heterocycles. The van der Waals surface area contributed by atoms with Gasteiger partial charge < -0.3 is 15.0 Å². The zero-order chi connectivity index (χ0) is 14.9.